The minimum Gasteiger partial charge on any atom is -0.357 e. The third-order valence-corrected chi connectivity index (χ3v) is 3.63. The number of benzene rings is 1. The van der Waals surface area contributed by atoms with Crippen LogP contribution in [0.25, 0.3) is 0 Å². The van der Waals surface area contributed by atoms with Gasteiger partial charge in [-0.15, -0.1) is 24.0 Å². The number of carbonyl (C=O) groups is 1. The van der Waals surface area contributed by atoms with E-state index < -0.39 is 11.6 Å². The Hall–Kier alpha value is -1.45. The summed E-state index contributed by atoms with van der Waals surface area (Å²) in [5.41, 5.74) is 0.174. The van der Waals surface area contributed by atoms with Crippen LogP contribution in [0.3, 0.4) is 0 Å². The minimum atomic E-state index is -0.501. The molecule has 0 spiro atoms. The first kappa shape index (κ1) is 20.6. The summed E-state index contributed by atoms with van der Waals surface area (Å²) >= 11 is 0. The zero-order valence-electron chi connectivity index (χ0n) is 13.6. The van der Waals surface area contributed by atoms with Crippen molar-refractivity contribution in [2.45, 2.75) is 26.3 Å². The molecule has 0 atom stereocenters. The molecule has 1 heterocycles. The number of carbonyl (C=O) groups excluding carboxylic acids is 1. The summed E-state index contributed by atoms with van der Waals surface area (Å²) in [7, 11) is 0. The lowest BCUT2D eigenvalue weighted by Crippen LogP contribution is -2.44. The van der Waals surface area contributed by atoms with E-state index in [-0.39, 0.29) is 48.5 Å². The Morgan fingerprint density at radius 1 is 1.25 bits per heavy atom. The van der Waals surface area contributed by atoms with Crippen LogP contribution in [0, 0.1) is 11.6 Å². The highest BCUT2D eigenvalue weighted by Gasteiger charge is 2.17. The van der Waals surface area contributed by atoms with Gasteiger partial charge >= 0.3 is 0 Å². The number of nitrogens with one attached hydrogen (secondary N) is 2. The molecular formula is C16H23F2IN4O. The summed E-state index contributed by atoms with van der Waals surface area (Å²) < 4.78 is 26.7. The highest BCUT2D eigenvalue weighted by Crippen LogP contribution is 2.10. The summed E-state index contributed by atoms with van der Waals surface area (Å²) in [6.45, 7) is 4.22. The van der Waals surface area contributed by atoms with Crippen molar-refractivity contribution in [1.82, 2.24) is 15.5 Å². The van der Waals surface area contributed by atoms with Crippen LogP contribution in [-0.4, -0.2) is 42.9 Å². The molecule has 0 saturated carbocycles. The molecule has 1 amide bonds. The van der Waals surface area contributed by atoms with E-state index >= 15 is 0 Å². The van der Waals surface area contributed by atoms with E-state index in [2.05, 4.69) is 15.6 Å². The molecule has 0 unspecified atom stereocenters. The number of aliphatic imine (C=N–C) groups is 1. The van der Waals surface area contributed by atoms with Crippen LogP contribution < -0.4 is 10.6 Å². The van der Waals surface area contributed by atoms with Crippen molar-refractivity contribution in [1.29, 1.82) is 0 Å². The maximum absolute atomic E-state index is 13.6. The fraction of sp³-hybridized carbons (Fsp3) is 0.500. The van der Waals surface area contributed by atoms with E-state index in [1.165, 1.54) is 0 Å². The second kappa shape index (κ2) is 10.4. The molecule has 1 aromatic rings. The Morgan fingerprint density at radius 2 is 1.96 bits per heavy atom. The third-order valence-electron chi connectivity index (χ3n) is 3.63. The third kappa shape index (κ3) is 6.21. The van der Waals surface area contributed by atoms with Crippen LogP contribution in [0.15, 0.2) is 23.2 Å². The molecule has 0 radical (unpaired) electrons. The predicted octanol–water partition coefficient (Wildman–Crippen LogP) is 2.26. The van der Waals surface area contributed by atoms with Gasteiger partial charge in [-0.1, -0.05) is 0 Å². The molecule has 1 aromatic carbocycles. The lowest BCUT2D eigenvalue weighted by atomic mass is 10.2. The first-order valence-corrected chi connectivity index (χ1v) is 7.84. The van der Waals surface area contributed by atoms with Gasteiger partial charge in [-0.3, -0.25) is 4.79 Å². The zero-order chi connectivity index (χ0) is 16.7. The minimum absolute atomic E-state index is 0. The van der Waals surface area contributed by atoms with Gasteiger partial charge in [0.05, 0.1) is 13.1 Å². The monoisotopic (exact) mass is 452 g/mol. The number of guanidine groups is 1. The Balaban J connectivity index is 0.00000288. The molecule has 8 heteroatoms. The van der Waals surface area contributed by atoms with Gasteiger partial charge in [-0.05, 0) is 38.0 Å². The summed E-state index contributed by atoms with van der Waals surface area (Å²) in [4.78, 5) is 18.0. The number of amides is 1. The number of halogens is 3. The number of nitrogens with zero attached hydrogens (tertiary/aromatic N) is 2. The van der Waals surface area contributed by atoms with Crippen LogP contribution in [0.1, 0.15) is 25.3 Å². The molecule has 0 aromatic heterocycles. The maximum atomic E-state index is 13.6. The van der Waals surface area contributed by atoms with Gasteiger partial charge in [0, 0.05) is 25.2 Å². The summed E-state index contributed by atoms with van der Waals surface area (Å²) in [6.07, 6.45) is 2.08. The first-order valence-electron chi connectivity index (χ1n) is 7.84. The van der Waals surface area contributed by atoms with Gasteiger partial charge in [0.15, 0.2) is 5.96 Å². The van der Waals surface area contributed by atoms with Crippen LogP contribution >= 0.6 is 24.0 Å². The van der Waals surface area contributed by atoms with E-state index in [4.69, 9.17) is 0 Å². The summed E-state index contributed by atoms with van der Waals surface area (Å²) in [5, 5.41) is 5.92. The van der Waals surface area contributed by atoms with Gasteiger partial charge in [-0.2, -0.15) is 0 Å². The first-order chi connectivity index (χ1) is 11.1. The fourth-order valence-corrected chi connectivity index (χ4v) is 2.41. The summed E-state index contributed by atoms with van der Waals surface area (Å²) in [5.74, 6) is -0.577. The lowest BCUT2D eigenvalue weighted by Gasteiger charge is -2.17. The van der Waals surface area contributed by atoms with Crippen LogP contribution in [0.4, 0.5) is 8.78 Å². The largest absolute Gasteiger partial charge is 0.357 e. The highest BCUT2D eigenvalue weighted by atomic mass is 127. The summed E-state index contributed by atoms with van der Waals surface area (Å²) in [6, 6.07) is 3.27. The molecule has 1 aliphatic heterocycles. The number of hydrogen-bond donors (Lipinski definition) is 2. The molecule has 5 nitrogen and oxygen atoms in total. The standard InChI is InChI=1S/C16H22F2N4O.HI/c1-2-19-16(21-11-15(23)22-7-3-4-8-22)20-10-12-9-13(17)5-6-14(12)18;/h5-6,9H,2-4,7-8,10-11H2,1H3,(H2,19,20,21);1H. The van der Waals surface area contributed by atoms with Gasteiger partial charge in [0.2, 0.25) is 5.91 Å². The van der Waals surface area contributed by atoms with Crippen molar-refractivity contribution in [3.8, 4) is 0 Å². The Bertz CT molecular complexity index is 577. The fourth-order valence-electron chi connectivity index (χ4n) is 2.41. The van der Waals surface area contributed by atoms with Crippen LogP contribution in [0.5, 0.6) is 0 Å². The molecule has 2 rings (SSSR count). The van der Waals surface area contributed by atoms with Crippen molar-refractivity contribution in [2.75, 3.05) is 26.2 Å². The van der Waals surface area contributed by atoms with E-state index in [0.717, 1.165) is 44.1 Å². The van der Waals surface area contributed by atoms with E-state index in [0.29, 0.717) is 12.5 Å². The van der Waals surface area contributed by atoms with Gasteiger partial charge in [0.25, 0.3) is 0 Å². The highest BCUT2D eigenvalue weighted by molar-refractivity contribution is 14.0. The second-order valence-corrected chi connectivity index (χ2v) is 5.37. The van der Waals surface area contributed by atoms with Gasteiger partial charge in [-0.25, -0.2) is 13.8 Å². The quantitative estimate of drug-likeness (QED) is 0.410. The smallest absolute Gasteiger partial charge is 0.241 e. The molecule has 2 N–H and O–H groups in total. The Kier molecular flexibility index (Phi) is 8.94. The average molecular weight is 452 g/mol. The van der Waals surface area contributed by atoms with Crippen molar-refractivity contribution in [3.63, 3.8) is 0 Å². The molecular weight excluding hydrogens is 429 g/mol. The van der Waals surface area contributed by atoms with E-state index in [1.54, 1.807) is 0 Å². The van der Waals surface area contributed by atoms with E-state index in [1.807, 2.05) is 11.8 Å². The predicted molar refractivity (Wildman–Crippen MR) is 100 cm³/mol. The average Bonchev–Trinajstić information content (AvgIpc) is 3.07. The number of hydrogen-bond acceptors (Lipinski definition) is 2. The molecule has 1 saturated heterocycles. The molecule has 1 aliphatic rings. The molecule has 0 bridgehead atoms. The van der Waals surface area contributed by atoms with Gasteiger partial charge < -0.3 is 15.5 Å². The number of rotatable bonds is 5. The normalized spacial score (nSPS) is 14.3. The zero-order valence-corrected chi connectivity index (χ0v) is 16.0. The van der Waals surface area contributed by atoms with Gasteiger partial charge in [0.1, 0.15) is 11.6 Å². The Labute approximate surface area is 157 Å². The SMILES string of the molecule is CCNC(=NCc1cc(F)ccc1F)NCC(=O)N1CCCC1.I. The van der Waals surface area contributed by atoms with Crippen molar-refractivity contribution < 1.29 is 13.6 Å². The molecule has 134 valence electrons. The Morgan fingerprint density at radius 3 is 2.62 bits per heavy atom. The molecule has 0 aliphatic carbocycles. The molecule has 24 heavy (non-hydrogen) atoms. The lowest BCUT2D eigenvalue weighted by molar-refractivity contribution is -0.128. The van der Waals surface area contributed by atoms with E-state index in [9.17, 15) is 13.6 Å². The topological polar surface area (TPSA) is 56.7 Å². The van der Waals surface area contributed by atoms with Crippen LogP contribution in [-0.2, 0) is 11.3 Å². The molecule has 1 fully saturated rings. The van der Waals surface area contributed by atoms with Crippen molar-refractivity contribution in [3.05, 3.63) is 35.4 Å². The number of likely N-dealkylation sites (tertiary alicyclic amines) is 1. The van der Waals surface area contributed by atoms with Crippen molar-refractivity contribution in [2.24, 2.45) is 4.99 Å². The van der Waals surface area contributed by atoms with Crippen molar-refractivity contribution >= 4 is 35.8 Å². The second-order valence-electron chi connectivity index (χ2n) is 5.37. The van der Waals surface area contributed by atoms with Crippen LogP contribution in [0.2, 0.25) is 0 Å². The maximum Gasteiger partial charge on any atom is 0.241 e.